The fraction of sp³-hybridized carbons (Fsp3) is 0.0909. The second kappa shape index (κ2) is 3.38. The topological polar surface area (TPSA) is 4.93 Å². The highest BCUT2D eigenvalue weighted by molar-refractivity contribution is 9.10. The number of benzene rings is 1. The third-order valence-corrected chi connectivity index (χ3v) is 2.49. The van der Waals surface area contributed by atoms with Gasteiger partial charge in [0, 0.05) is 22.6 Å². The average Bonchev–Trinajstić information content (AvgIpc) is 2.53. The summed E-state index contributed by atoms with van der Waals surface area (Å²) in [7, 11) is 0. The van der Waals surface area contributed by atoms with Crippen LogP contribution >= 0.6 is 15.9 Å². The van der Waals surface area contributed by atoms with Crippen molar-refractivity contribution in [3.8, 4) is 5.69 Å². The third-order valence-electron chi connectivity index (χ3n) is 1.97. The Hall–Kier alpha value is -1.02. The molecule has 0 aliphatic rings. The molecule has 2 aromatic rings. The zero-order valence-electron chi connectivity index (χ0n) is 7.37. The SMILES string of the molecule is Cc1ccn(-c2ccc(Br)cc2)c1. The van der Waals surface area contributed by atoms with Crippen molar-refractivity contribution in [1.29, 1.82) is 0 Å². The minimum atomic E-state index is 1.11. The Labute approximate surface area is 86.1 Å². The molecule has 0 amide bonds. The predicted molar refractivity (Wildman–Crippen MR) is 58.2 cm³/mol. The summed E-state index contributed by atoms with van der Waals surface area (Å²) in [6, 6.07) is 10.4. The van der Waals surface area contributed by atoms with E-state index in [1.807, 2.05) is 12.1 Å². The van der Waals surface area contributed by atoms with Crippen molar-refractivity contribution < 1.29 is 0 Å². The molecule has 0 unspecified atom stereocenters. The molecule has 0 atom stereocenters. The first-order valence-electron chi connectivity index (χ1n) is 4.16. The van der Waals surface area contributed by atoms with Gasteiger partial charge in [-0.25, -0.2) is 0 Å². The number of aromatic nitrogens is 1. The first-order chi connectivity index (χ1) is 6.25. The van der Waals surface area contributed by atoms with Gasteiger partial charge in [0.15, 0.2) is 0 Å². The Morgan fingerprint density at radius 3 is 2.31 bits per heavy atom. The van der Waals surface area contributed by atoms with Gasteiger partial charge in [0.25, 0.3) is 0 Å². The first-order valence-corrected chi connectivity index (χ1v) is 4.95. The van der Waals surface area contributed by atoms with E-state index in [1.54, 1.807) is 0 Å². The van der Waals surface area contributed by atoms with E-state index < -0.39 is 0 Å². The lowest BCUT2D eigenvalue weighted by Crippen LogP contribution is -1.87. The molecule has 1 aromatic heterocycles. The van der Waals surface area contributed by atoms with Gasteiger partial charge in [-0.3, -0.25) is 0 Å². The van der Waals surface area contributed by atoms with E-state index in [1.165, 1.54) is 11.3 Å². The van der Waals surface area contributed by atoms with Crippen LogP contribution in [0.4, 0.5) is 0 Å². The van der Waals surface area contributed by atoms with E-state index in [9.17, 15) is 0 Å². The molecule has 2 heteroatoms. The van der Waals surface area contributed by atoms with Crippen molar-refractivity contribution in [2.75, 3.05) is 0 Å². The average molecular weight is 236 g/mol. The van der Waals surface area contributed by atoms with Gasteiger partial charge in [0.2, 0.25) is 0 Å². The lowest BCUT2D eigenvalue weighted by atomic mass is 10.3. The van der Waals surface area contributed by atoms with Crippen LogP contribution in [0.1, 0.15) is 5.56 Å². The van der Waals surface area contributed by atoms with E-state index >= 15 is 0 Å². The van der Waals surface area contributed by atoms with Gasteiger partial charge in [-0.15, -0.1) is 0 Å². The predicted octanol–water partition coefficient (Wildman–Crippen LogP) is 3.55. The molecule has 0 saturated heterocycles. The summed E-state index contributed by atoms with van der Waals surface area (Å²) in [6.45, 7) is 2.09. The molecule has 0 spiro atoms. The van der Waals surface area contributed by atoms with Crippen LogP contribution in [-0.4, -0.2) is 4.57 Å². The first kappa shape index (κ1) is 8.57. The van der Waals surface area contributed by atoms with Crippen LogP contribution in [0.2, 0.25) is 0 Å². The van der Waals surface area contributed by atoms with Gasteiger partial charge in [-0.2, -0.15) is 0 Å². The minimum absolute atomic E-state index is 1.11. The van der Waals surface area contributed by atoms with Gasteiger partial charge >= 0.3 is 0 Å². The van der Waals surface area contributed by atoms with Gasteiger partial charge in [0.1, 0.15) is 0 Å². The molecule has 0 aliphatic carbocycles. The standard InChI is InChI=1S/C11H10BrN/c1-9-6-7-13(8-9)11-4-2-10(12)3-5-11/h2-8H,1H3. The number of hydrogen-bond acceptors (Lipinski definition) is 0. The van der Waals surface area contributed by atoms with Gasteiger partial charge < -0.3 is 4.57 Å². The van der Waals surface area contributed by atoms with Crippen molar-refractivity contribution in [3.63, 3.8) is 0 Å². The van der Waals surface area contributed by atoms with Crippen LogP contribution in [0, 0.1) is 6.92 Å². The summed E-state index contributed by atoms with van der Waals surface area (Å²) in [5, 5.41) is 0. The normalized spacial score (nSPS) is 10.3. The molecule has 66 valence electrons. The lowest BCUT2D eigenvalue weighted by Gasteiger charge is -2.01. The Morgan fingerprint density at radius 1 is 1.08 bits per heavy atom. The van der Waals surface area contributed by atoms with Crippen molar-refractivity contribution >= 4 is 15.9 Å². The highest BCUT2D eigenvalue weighted by atomic mass is 79.9. The summed E-state index contributed by atoms with van der Waals surface area (Å²) >= 11 is 3.41. The van der Waals surface area contributed by atoms with Crippen LogP contribution < -0.4 is 0 Å². The van der Waals surface area contributed by atoms with E-state index in [-0.39, 0.29) is 0 Å². The largest absolute Gasteiger partial charge is 0.324 e. The molecule has 1 aromatic carbocycles. The van der Waals surface area contributed by atoms with E-state index in [2.05, 4.69) is 58.0 Å². The van der Waals surface area contributed by atoms with E-state index in [0.29, 0.717) is 0 Å². The van der Waals surface area contributed by atoms with Crippen molar-refractivity contribution in [2.45, 2.75) is 6.92 Å². The summed E-state index contributed by atoms with van der Waals surface area (Å²) in [5.41, 5.74) is 2.47. The Bertz CT molecular complexity index is 400. The molecule has 0 N–H and O–H groups in total. The number of hydrogen-bond donors (Lipinski definition) is 0. The highest BCUT2D eigenvalue weighted by Crippen LogP contribution is 2.14. The number of halogens is 1. The maximum absolute atomic E-state index is 3.41. The molecule has 2 rings (SSSR count). The lowest BCUT2D eigenvalue weighted by molar-refractivity contribution is 1.07. The second-order valence-corrected chi connectivity index (χ2v) is 3.99. The van der Waals surface area contributed by atoms with E-state index in [4.69, 9.17) is 0 Å². The maximum Gasteiger partial charge on any atom is 0.0450 e. The minimum Gasteiger partial charge on any atom is -0.324 e. The maximum atomic E-state index is 3.41. The fourth-order valence-corrected chi connectivity index (χ4v) is 1.54. The smallest absolute Gasteiger partial charge is 0.0450 e. The molecule has 1 nitrogen and oxygen atoms in total. The van der Waals surface area contributed by atoms with Crippen LogP contribution in [0.3, 0.4) is 0 Å². The van der Waals surface area contributed by atoms with Crippen molar-refractivity contribution in [1.82, 2.24) is 4.57 Å². The zero-order valence-corrected chi connectivity index (χ0v) is 8.95. The van der Waals surface area contributed by atoms with Crippen LogP contribution in [0.25, 0.3) is 5.69 Å². The summed E-state index contributed by atoms with van der Waals surface area (Å²) in [4.78, 5) is 0. The Balaban J connectivity index is 2.41. The molecular formula is C11H10BrN. The fourth-order valence-electron chi connectivity index (χ4n) is 1.28. The number of rotatable bonds is 1. The summed E-state index contributed by atoms with van der Waals surface area (Å²) in [6.07, 6.45) is 4.18. The molecule has 0 aliphatic heterocycles. The van der Waals surface area contributed by atoms with Gasteiger partial charge in [-0.05, 0) is 42.8 Å². The molecule has 1 heterocycles. The van der Waals surface area contributed by atoms with Crippen molar-refractivity contribution in [2.24, 2.45) is 0 Å². The molecule has 0 fully saturated rings. The Kier molecular flexibility index (Phi) is 2.23. The quantitative estimate of drug-likeness (QED) is 0.713. The molecule has 0 bridgehead atoms. The molecule has 0 saturated carbocycles. The van der Waals surface area contributed by atoms with Gasteiger partial charge in [-0.1, -0.05) is 15.9 Å². The van der Waals surface area contributed by atoms with Crippen LogP contribution in [-0.2, 0) is 0 Å². The zero-order chi connectivity index (χ0) is 9.26. The second-order valence-electron chi connectivity index (χ2n) is 3.07. The summed E-state index contributed by atoms with van der Waals surface area (Å²) < 4.78 is 3.22. The summed E-state index contributed by atoms with van der Waals surface area (Å²) in [5.74, 6) is 0. The monoisotopic (exact) mass is 235 g/mol. The number of aryl methyl sites for hydroxylation is 1. The molecule has 13 heavy (non-hydrogen) atoms. The van der Waals surface area contributed by atoms with E-state index in [0.717, 1.165) is 4.47 Å². The third kappa shape index (κ3) is 1.83. The van der Waals surface area contributed by atoms with Crippen molar-refractivity contribution in [3.05, 3.63) is 52.8 Å². The Morgan fingerprint density at radius 2 is 1.77 bits per heavy atom. The van der Waals surface area contributed by atoms with Gasteiger partial charge in [0.05, 0.1) is 0 Å². The van der Waals surface area contributed by atoms with Crippen LogP contribution in [0.15, 0.2) is 47.2 Å². The molecular weight excluding hydrogens is 226 g/mol. The van der Waals surface area contributed by atoms with Crippen LogP contribution in [0.5, 0.6) is 0 Å². The molecule has 0 radical (unpaired) electrons. The number of nitrogens with zero attached hydrogens (tertiary/aromatic N) is 1. The highest BCUT2D eigenvalue weighted by Gasteiger charge is 1.95.